The van der Waals surface area contributed by atoms with Crippen LogP contribution in [-0.2, 0) is 33.0 Å². The highest BCUT2D eigenvalue weighted by atomic mass is 16.5. The smallest absolute Gasteiger partial charge is 0.255 e. The zero-order valence-corrected chi connectivity index (χ0v) is 14.8. The highest BCUT2D eigenvalue weighted by Gasteiger charge is 2.24. The van der Waals surface area contributed by atoms with Gasteiger partial charge in [-0.3, -0.25) is 9.69 Å². The number of hydrogen-bond donors (Lipinski definition) is 1. The van der Waals surface area contributed by atoms with Crippen LogP contribution in [0, 0.1) is 6.92 Å². The van der Waals surface area contributed by atoms with E-state index >= 15 is 0 Å². The first-order valence-electron chi connectivity index (χ1n) is 8.43. The van der Waals surface area contributed by atoms with E-state index in [9.17, 15) is 4.79 Å². The third-order valence-corrected chi connectivity index (χ3v) is 4.55. The maximum atomic E-state index is 12.4. The summed E-state index contributed by atoms with van der Waals surface area (Å²) in [6, 6.07) is 0. The molecule has 0 atom stereocenters. The summed E-state index contributed by atoms with van der Waals surface area (Å²) in [7, 11) is 3.54. The van der Waals surface area contributed by atoms with Gasteiger partial charge in [-0.05, 0) is 13.3 Å². The Kier molecular flexibility index (Phi) is 4.71. The third-order valence-electron chi connectivity index (χ3n) is 4.55. The number of aromatic amines is 1. The zero-order valence-electron chi connectivity index (χ0n) is 14.8. The van der Waals surface area contributed by atoms with E-state index in [1.807, 2.05) is 14.0 Å². The molecule has 0 saturated heterocycles. The lowest BCUT2D eigenvalue weighted by Gasteiger charge is -2.27. The molecule has 0 spiro atoms. The van der Waals surface area contributed by atoms with Crippen LogP contribution in [0.1, 0.15) is 41.7 Å². The number of aryl methyl sites for hydroxylation is 3. The van der Waals surface area contributed by atoms with Crippen molar-refractivity contribution in [3.63, 3.8) is 0 Å². The normalized spacial score (nSPS) is 14.7. The molecule has 0 fully saturated rings. The Morgan fingerprint density at radius 3 is 2.88 bits per heavy atom. The van der Waals surface area contributed by atoms with Crippen molar-refractivity contribution >= 4 is 0 Å². The highest BCUT2D eigenvalue weighted by Crippen LogP contribution is 2.25. The fourth-order valence-corrected chi connectivity index (χ4v) is 3.36. The summed E-state index contributed by atoms with van der Waals surface area (Å²) in [4.78, 5) is 22.2. The van der Waals surface area contributed by atoms with Crippen LogP contribution >= 0.6 is 0 Å². The van der Waals surface area contributed by atoms with E-state index in [0.29, 0.717) is 6.54 Å². The molecule has 130 valence electrons. The van der Waals surface area contributed by atoms with E-state index in [4.69, 9.17) is 4.74 Å². The van der Waals surface area contributed by atoms with Gasteiger partial charge in [0.2, 0.25) is 5.88 Å². The minimum Gasteiger partial charge on any atom is -0.481 e. The van der Waals surface area contributed by atoms with E-state index in [2.05, 4.69) is 26.9 Å². The molecule has 0 aromatic carbocycles. The quantitative estimate of drug-likeness (QED) is 0.894. The first-order valence-corrected chi connectivity index (χ1v) is 8.43. The standard InChI is InChI=1S/C17H25N5O2/c1-5-6-15-18-14-7-8-22(10-13(14)16(23)19-15)9-12-11(2)20-21(3)17(12)24-4/h5-10H2,1-4H3,(H,18,19,23). The zero-order chi connectivity index (χ0) is 17.3. The maximum absolute atomic E-state index is 12.4. The van der Waals surface area contributed by atoms with Crippen LogP contribution in [0.25, 0.3) is 0 Å². The van der Waals surface area contributed by atoms with Crippen molar-refractivity contribution in [2.45, 2.75) is 46.2 Å². The molecule has 1 aliphatic heterocycles. The number of aromatic nitrogens is 4. The van der Waals surface area contributed by atoms with Crippen molar-refractivity contribution in [3.05, 3.63) is 38.7 Å². The molecule has 0 bridgehead atoms. The van der Waals surface area contributed by atoms with Gasteiger partial charge in [0, 0.05) is 39.5 Å². The van der Waals surface area contributed by atoms with E-state index < -0.39 is 0 Å². The second-order valence-electron chi connectivity index (χ2n) is 6.35. The summed E-state index contributed by atoms with van der Waals surface area (Å²) >= 11 is 0. The molecule has 0 unspecified atom stereocenters. The number of fused-ring (bicyclic) bond motifs is 1. The topological polar surface area (TPSA) is 76.0 Å². The van der Waals surface area contributed by atoms with Crippen molar-refractivity contribution in [2.75, 3.05) is 13.7 Å². The van der Waals surface area contributed by atoms with Crippen molar-refractivity contribution in [3.8, 4) is 5.88 Å². The van der Waals surface area contributed by atoms with Crippen molar-refractivity contribution in [1.29, 1.82) is 0 Å². The van der Waals surface area contributed by atoms with Crippen LogP contribution in [0.4, 0.5) is 0 Å². The highest BCUT2D eigenvalue weighted by molar-refractivity contribution is 5.31. The summed E-state index contributed by atoms with van der Waals surface area (Å²) < 4.78 is 7.23. The molecule has 1 N–H and O–H groups in total. The van der Waals surface area contributed by atoms with Gasteiger partial charge in [-0.25, -0.2) is 9.67 Å². The molecule has 0 radical (unpaired) electrons. The van der Waals surface area contributed by atoms with Gasteiger partial charge < -0.3 is 9.72 Å². The molecule has 1 aliphatic rings. The Morgan fingerprint density at radius 2 is 2.17 bits per heavy atom. The van der Waals surface area contributed by atoms with Crippen molar-refractivity contribution in [2.24, 2.45) is 7.05 Å². The summed E-state index contributed by atoms with van der Waals surface area (Å²) in [5, 5.41) is 4.43. The molecule has 7 nitrogen and oxygen atoms in total. The predicted molar refractivity (Wildman–Crippen MR) is 91.2 cm³/mol. The third kappa shape index (κ3) is 3.08. The van der Waals surface area contributed by atoms with Gasteiger partial charge >= 0.3 is 0 Å². The van der Waals surface area contributed by atoms with Crippen LogP contribution in [0.5, 0.6) is 5.88 Å². The Bertz CT molecular complexity index is 793. The molecule has 2 aromatic rings. The van der Waals surface area contributed by atoms with E-state index in [-0.39, 0.29) is 5.56 Å². The average Bonchev–Trinajstić information content (AvgIpc) is 2.81. The van der Waals surface area contributed by atoms with Gasteiger partial charge in [0.25, 0.3) is 5.56 Å². The Labute approximate surface area is 141 Å². The SMILES string of the molecule is CCCc1nc2c(c(=O)[nH]1)CN(Cc1c(C)nn(C)c1OC)CC2. The summed E-state index contributed by atoms with van der Waals surface area (Å²) in [5.41, 5.74) is 3.79. The van der Waals surface area contributed by atoms with E-state index in [1.54, 1.807) is 11.8 Å². The van der Waals surface area contributed by atoms with Crippen LogP contribution in [0.15, 0.2) is 4.79 Å². The van der Waals surface area contributed by atoms with Gasteiger partial charge in [0.1, 0.15) is 5.82 Å². The Morgan fingerprint density at radius 1 is 1.38 bits per heavy atom. The number of nitrogens with one attached hydrogen (secondary N) is 1. The van der Waals surface area contributed by atoms with E-state index in [1.165, 1.54) is 0 Å². The molecule has 3 rings (SSSR count). The predicted octanol–water partition coefficient (Wildman–Crippen LogP) is 1.33. The van der Waals surface area contributed by atoms with Crippen LogP contribution in [0.3, 0.4) is 0 Å². The minimum atomic E-state index is 0.00280. The minimum absolute atomic E-state index is 0.00280. The summed E-state index contributed by atoms with van der Waals surface area (Å²) in [5.74, 6) is 1.59. The van der Waals surface area contributed by atoms with Gasteiger partial charge in [-0.2, -0.15) is 5.10 Å². The maximum Gasteiger partial charge on any atom is 0.255 e. The fraction of sp³-hybridized carbons (Fsp3) is 0.588. The van der Waals surface area contributed by atoms with Gasteiger partial charge in [-0.15, -0.1) is 0 Å². The monoisotopic (exact) mass is 331 g/mol. The number of methoxy groups -OCH3 is 1. The molecule has 0 saturated carbocycles. The van der Waals surface area contributed by atoms with Crippen molar-refractivity contribution < 1.29 is 4.74 Å². The number of ether oxygens (including phenoxy) is 1. The fourth-order valence-electron chi connectivity index (χ4n) is 3.36. The Balaban J connectivity index is 1.82. The first kappa shape index (κ1) is 16.7. The molecular formula is C17H25N5O2. The second-order valence-corrected chi connectivity index (χ2v) is 6.35. The summed E-state index contributed by atoms with van der Waals surface area (Å²) in [6.45, 7) is 6.29. The van der Waals surface area contributed by atoms with Crippen LogP contribution in [-0.4, -0.2) is 38.3 Å². The second kappa shape index (κ2) is 6.76. The van der Waals surface area contributed by atoms with Gasteiger partial charge in [0.15, 0.2) is 0 Å². The molecule has 3 heterocycles. The van der Waals surface area contributed by atoms with Crippen LogP contribution in [0.2, 0.25) is 0 Å². The van der Waals surface area contributed by atoms with Crippen LogP contribution < -0.4 is 10.3 Å². The molecule has 0 amide bonds. The molecule has 7 heteroatoms. The molecular weight excluding hydrogens is 306 g/mol. The van der Waals surface area contributed by atoms with Crippen molar-refractivity contribution in [1.82, 2.24) is 24.6 Å². The molecule has 0 aliphatic carbocycles. The first-order chi connectivity index (χ1) is 11.5. The lowest BCUT2D eigenvalue weighted by atomic mass is 10.1. The van der Waals surface area contributed by atoms with Gasteiger partial charge in [-0.1, -0.05) is 6.92 Å². The number of hydrogen-bond acceptors (Lipinski definition) is 5. The lowest BCUT2D eigenvalue weighted by molar-refractivity contribution is 0.236. The van der Waals surface area contributed by atoms with Gasteiger partial charge in [0.05, 0.1) is 29.6 Å². The largest absolute Gasteiger partial charge is 0.481 e. The summed E-state index contributed by atoms with van der Waals surface area (Å²) in [6.07, 6.45) is 2.60. The molecule has 2 aromatic heterocycles. The number of nitrogens with zero attached hydrogens (tertiary/aromatic N) is 4. The average molecular weight is 331 g/mol. The lowest BCUT2D eigenvalue weighted by Crippen LogP contribution is -2.36. The van der Waals surface area contributed by atoms with E-state index in [0.717, 1.165) is 66.6 Å². The number of rotatable bonds is 5. The molecule has 24 heavy (non-hydrogen) atoms. The Hall–Kier alpha value is -2.15. The number of H-pyrrole nitrogens is 1.